The highest BCUT2D eigenvalue weighted by Crippen LogP contribution is 2.36. The standard InChI is InChI=1S/C17H25FN2O/c1-12(19)10-11-16(21)20-17(13-6-2-3-7-13)14-8-4-5-9-15(14)18/h4-5,8-9,12-13,17H,2-3,6-7,10-11,19H2,1H3,(H,20,21). The molecular formula is C17H25FN2O. The van der Waals surface area contributed by atoms with Crippen molar-refractivity contribution in [2.24, 2.45) is 11.7 Å². The second-order valence-electron chi connectivity index (χ2n) is 6.13. The summed E-state index contributed by atoms with van der Waals surface area (Å²) >= 11 is 0. The predicted octanol–water partition coefficient (Wildman–Crippen LogP) is 3.30. The molecule has 4 heteroatoms. The third-order valence-corrected chi connectivity index (χ3v) is 4.25. The fourth-order valence-electron chi connectivity index (χ4n) is 3.07. The Morgan fingerprint density at radius 3 is 2.67 bits per heavy atom. The quantitative estimate of drug-likeness (QED) is 0.845. The Labute approximate surface area is 126 Å². The molecule has 2 unspecified atom stereocenters. The summed E-state index contributed by atoms with van der Waals surface area (Å²) in [5.74, 6) is 0.0653. The molecule has 1 fully saturated rings. The van der Waals surface area contributed by atoms with Crippen molar-refractivity contribution >= 4 is 5.91 Å². The van der Waals surface area contributed by atoms with Crippen LogP contribution in [0.5, 0.6) is 0 Å². The van der Waals surface area contributed by atoms with Gasteiger partial charge in [-0.25, -0.2) is 4.39 Å². The van der Waals surface area contributed by atoms with Gasteiger partial charge in [-0.15, -0.1) is 0 Å². The Morgan fingerprint density at radius 1 is 1.38 bits per heavy atom. The summed E-state index contributed by atoms with van der Waals surface area (Å²) in [6, 6.07) is 6.55. The highest BCUT2D eigenvalue weighted by atomic mass is 19.1. The van der Waals surface area contributed by atoms with Gasteiger partial charge in [0, 0.05) is 18.0 Å². The lowest BCUT2D eigenvalue weighted by Gasteiger charge is -2.26. The second-order valence-corrected chi connectivity index (χ2v) is 6.13. The molecule has 1 aromatic rings. The summed E-state index contributed by atoms with van der Waals surface area (Å²) in [6.07, 6.45) is 5.46. The summed E-state index contributed by atoms with van der Waals surface area (Å²) in [7, 11) is 0. The van der Waals surface area contributed by atoms with Crippen LogP contribution < -0.4 is 11.1 Å². The summed E-state index contributed by atoms with van der Waals surface area (Å²) < 4.78 is 14.1. The highest BCUT2D eigenvalue weighted by molar-refractivity contribution is 5.76. The Balaban J connectivity index is 2.09. The molecule has 1 saturated carbocycles. The van der Waals surface area contributed by atoms with E-state index >= 15 is 0 Å². The predicted molar refractivity (Wildman–Crippen MR) is 82.1 cm³/mol. The molecule has 1 aliphatic rings. The molecule has 21 heavy (non-hydrogen) atoms. The molecule has 1 amide bonds. The summed E-state index contributed by atoms with van der Waals surface area (Å²) in [4.78, 5) is 12.1. The van der Waals surface area contributed by atoms with Gasteiger partial charge in [0.15, 0.2) is 0 Å². The normalized spacial score (nSPS) is 18.4. The molecule has 0 aliphatic heterocycles. The summed E-state index contributed by atoms with van der Waals surface area (Å²) in [5, 5.41) is 3.04. The van der Waals surface area contributed by atoms with E-state index in [9.17, 15) is 9.18 Å². The van der Waals surface area contributed by atoms with Crippen LogP contribution in [-0.4, -0.2) is 11.9 Å². The number of nitrogens with one attached hydrogen (secondary N) is 1. The molecule has 2 rings (SSSR count). The molecule has 0 aromatic heterocycles. The monoisotopic (exact) mass is 292 g/mol. The van der Waals surface area contributed by atoms with Gasteiger partial charge in [-0.1, -0.05) is 31.0 Å². The van der Waals surface area contributed by atoms with Crippen molar-refractivity contribution in [3.8, 4) is 0 Å². The largest absolute Gasteiger partial charge is 0.349 e. The molecule has 3 nitrogen and oxygen atoms in total. The van der Waals surface area contributed by atoms with Crippen molar-refractivity contribution in [1.82, 2.24) is 5.32 Å². The van der Waals surface area contributed by atoms with Crippen molar-refractivity contribution in [1.29, 1.82) is 0 Å². The van der Waals surface area contributed by atoms with Gasteiger partial charge in [-0.05, 0) is 38.2 Å². The minimum atomic E-state index is -0.234. The van der Waals surface area contributed by atoms with Crippen LogP contribution in [0.3, 0.4) is 0 Å². The van der Waals surface area contributed by atoms with E-state index in [0.29, 0.717) is 24.3 Å². The molecule has 0 radical (unpaired) electrons. The van der Waals surface area contributed by atoms with E-state index in [2.05, 4.69) is 5.32 Å². The van der Waals surface area contributed by atoms with E-state index in [1.165, 1.54) is 6.07 Å². The zero-order chi connectivity index (χ0) is 15.2. The minimum absolute atomic E-state index is 0.00846. The number of hydrogen-bond donors (Lipinski definition) is 2. The van der Waals surface area contributed by atoms with Gasteiger partial charge in [0.25, 0.3) is 0 Å². The lowest BCUT2D eigenvalue weighted by atomic mass is 9.91. The highest BCUT2D eigenvalue weighted by Gasteiger charge is 2.29. The van der Waals surface area contributed by atoms with Crippen LogP contribution in [0.15, 0.2) is 24.3 Å². The van der Waals surface area contributed by atoms with E-state index in [-0.39, 0.29) is 23.8 Å². The first kappa shape index (κ1) is 16.0. The van der Waals surface area contributed by atoms with Crippen LogP contribution in [0.25, 0.3) is 0 Å². The first-order valence-electron chi connectivity index (χ1n) is 7.87. The third kappa shape index (κ3) is 4.53. The maximum Gasteiger partial charge on any atom is 0.220 e. The molecule has 1 aliphatic carbocycles. The smallest absolute Gasteiger partial charge is 0.220 e. The van der Waals surface area contributed by atoms with Gasteiger partial charge in [0.05, 0.1) is 6.04 Å². The Kier molecular flexibility index (Phi) is 5.74. The van der Waals surface area contributed by atoms with Crippen LogP contribution >= 0.6 is 0 Å². The van der Waals surface area contributed by atoms with E-state index < -0.39 is 0 Å². The summed E-state index contributed by atoms with van der Waals surface area (Å²) in [5.41, 5.74) is 6.30. The fraction of sp³-hybridized carbons (Fsp3) is 0.588. The molecule has 0 spiro atoms. The zero-order valence-corrected chi connectivity index (χ0v) is 12.6. The Hall–Kier alpha value is -1.42. The molecule has 1 aromatic carbocycles. The molecule has 3 N–H and O–H groups in total. The van der Waals surface area contributed by atoms with Crippen molar-refractivity contribution in [2.45, 2.75) is 57.5 Å². The van der Waals surface area contributed by atoms with Crippen molar-refractivity contribution < 1.29 is 9.18 Å². The molecule has 0 saturated heterocycles. The fourth-order valence-corrected chi connectivity index (χ4v) is 3.07. The summed E-state index contributed by atoms with van der Waals surface area (Å²) in [6.45, 7) is 1.89. The lowest BCUT2D eigenvalue weighted by Crippen LogP contribution is -2.34. The van der Waals surface area contributed by atoms with Gasteiger partial charge < -0.3 is 11.1 Å². The maximum absolute atomic E-state index is 14.1. The second kappa shape index (κ2) is 7.55. The average Bonchev–Trinajstić information content (AvgIpc) is 2.97. The zero-order valence-electron chi connectivity index (χ0n) is 12.6. The SMILES string of the molecule is CC(N)CCC(=O)NC(c1ccccc1F)C1CCCC1. The molecule has 116 valence electrons. The number of carbonyl (C=O) groups is 1. The van der Waals surface area contributed by atoms with Gasteiger partial charge in [-0.2, -0.15) is 0 Å². The van der Waals surface area contributed by atoms with E-state index in [0.717, 1.165) is 25.7 Å². The number of carbonyl (C=O) groups excluding carboxylic acids is 1. The first-order chi connectivity index (χ1) is 10.1. The molecule has 0 heterocycles. The third-order valence-electron chi connectivity index (χ3n) is 4.25. The maximum atomic E-state index is 14.1. The van der Waals surface area contributed by atoms with Crippen LogP contribution in [-0.2, 0) is 4.79 Å². The molecule has 0 bridgehead atoms. The minimum Gasteiger partial charge on any atom is -0.349 e. The van der Waals surface area contributed by atoms with Gasteiger partial charge in [0.2, 0.25) is 5.91 Å². The number of rotatable bonds is 6. The topological polar surface area (TPSA) is 55.1 Å². The number of amides is 1. The Morgan fingerprint density at radius 2 is 2.05 bits per heavy atom. The van der Waals surface area contributed by atoms with Gasteiger partial charge in [-0.3, -0.25) is 4.79 Å². The van der Waals surface area contributed by atoms with Crippen molar-refractivity contribution in [3.63, 3.8) is 0 Å². The van der Waals surface area contributed by atoms with Crippen molar-refractivity contribution in [3.05, 3.63) is 35.6 Å². The number of hydrogen-bond acceptors (Lipinski definition) is 2. The lowest BCUT2D eigenvalue weighted by molar-refractivity contribution is -0.122. The van der Waals surface area contributed by atoms with E-state index in [4.69, 9.17) is 5.73 Å². The molecule has 2 atom stereocenters. The molecular weight excluding hydrogens is 267 g/mol. The Bertz CT molecular complexity index is 470. The van der Waals surface area contributed by atoms with E-state index in [1.807, 2.05) is 13.0 Å². The number of benzene rings is 1. The van der Waals surface area contributed by atoms with Gasteiger partial charge in [0.1, 0.15) is 5.82 Å². The van der Waals surface area contributed by atoms with Crippen molar-refractivity contribution in [2.75, 3.05) is 0 Å². The van der Waals surface area contributed by atoms with Crippen LogP contribution in [0.4, 0.5) is 4.39 Å². The van der Waals surface area contributed by atoms with Crippen LogP contribution in [0.1, 0.15) is 57.1 Å². The van der Waals surface area contributed by atoms with Gasteiger partial charge >= 0.3 is 0 Å². The number of nitrogens with two attached hydrogens (primary N) is 1. The number of halogens is 1. The van der Waals surface area contributed by atoms with Crippen LogP contribution in [0, 0.1) is 11.7 Å². The van der Waals surface area contributed by atoms with Crippen LogP contribution in [0.2, 0.25) is 0 Å². The average molecular weight is 292 g/mol. The first-order valence-corrected chi connectivity index (χ1v) is 7.87. The van der Waals surface area contributed by atoms with E-state index in [1.54, 1.807) is 12.1 Å².